The van der Waals surface area contributed by atoms with Crippen LogP contribution in [0.4, 0.5) is 0 Å². The second-order valence-electron chi connectivity index (χ2n) is 10.8. The molecule has 170 valence electrons. The first-order valence-electron chi connectivity index (χ1n) is 11.6. The Morgan fingerprint density at radius 2 is 1.94 bits per heavy atom. The molecule has 4 fully saturated rings. The summed E-state index contributed by atoms with van der Waals surface area (Å²) in [6.07, 6.45) is 3.31. The number of sulfonamides is 1. The fourth-order valence-corrected chi connectivity index (χ4v) is 10.00. The van der Waals surface area contributed by atoms with Crippen molar-refractivity contribution in [3.63, 3.8) is 0 Å². The number of aliphatic hydroxyl groups excluding tert-OH is 1. The van der Waals surface area contributed by atoms with Gasteiger partial charge in [0.15, 0.2) is 0 Å². The van der Waals surface area contributed by atoms with Gasteiger partial charge in [0.25, 0.3) is 0 Å². The summed E-state index contributed by atoms with van der Waals surface area (Å²) in [5.41, 5.74) is 0.848. The quantitative estimate of drug-likeness (QED) is 0.752. The number of hydrogen-bond donors (Lipinski definition) is 1. The highest BCUT2D eigenvalue weighted by atomic mass is 32.2. The Morgan fingerprint density at radius 3 is 2.61 bits per heavy atom. The fourth-order valence-electron chi connectivity index (χ4n) is 7.41. The molecule has 2 bridgehead atoms. The zero-order valence-corrected chi connectivity index (χ0v) is 19.4. The lowest BCUT2D eigenvalue weighted by Gasteiger charge is -2.37. The number of fused-ring (bicyclic) bond motifs is 1. The van der Waals surface area contributed by atoms with Gasteiger partial charge < -0.3 is 5.11 Å². The van der Waals surface area contributed by atoms with Crippen molar-refractivity contribution in [3.05, 3.63) is 35.9 Å². The minimum atomic E-state index is -3.61. The molecule has 2 aliphatic heterocycles. The third-order valence-electron chi connectivity index (χ3n) is 9.21. The lowest BCUT2D eigenvalue weighted by molar-refractivity contribution is -0.134. The van der Waals surface area contributed by atoms with Crippen LogP contribution in [0.5, 0.6) is 0 Å². The summed E-state index contributed by atoms with van der Waals surface area (Å²) < 4.78 is 28.0. The Morgan fingerprint density at radius 1 is 1.19 bits per heavy atom. The van der Waals surface area contributed by atoms with E-state index in [2.05, 4.69) is 30.9 Å². The van der Waals surface area contributed by atoms with E-state index in [0.29, 0.717) is 25.4 Å². The predicted octanol–water partition coefficient (Wildman–Crippen LogP) is 2.48. The molecule has 0 radical (unpaired) electrons. The van der Waals surface area contributed by atoms with Crippen LogP contribution in [0.3, 0.4) is 0 Å². The molecular formula is C24H34N2O4S. The van der Waals surface area contributed by atoms with E-state index in [4.69, 9.17) is 0 Å². The number of benzene rings is 1. The lowest BCUT2D eigenvalue weighted by atomic mass is 9.69. The van der Waals surface area contributed by atoms with Gasteiger partial charge in [0, 0.05) is 31.7 Å². The average Bonchev–Trinajstić information content (AvgIpc) is 3.35. The van der Waals surface area contributed by atoms with Gasteiger partial charge in [0.2, 0.25) is 15.9 Å². The zero-order valence-electron chi connectivity index (χ0n) is 18.5. The molecule has 31 heavy (non-hydrogen) atoms. The molecule has 2 aliphatic carbocycles. The summed E-state index contributed by atoms with van der Waals surface area (Å²) in [6, 6.07) is 9.96. The zero-order chi connectivity index (χ0) is 22.0. The van der Waals surface area contributed by atoms with Crippen molar-refractivity contribution in [2.45, 2.75) is 52.1 Å². The Bertz CT molecular complexity index is 963. The number of nitrogens with zero attached hydrogens (tertiary/aromatic N) is 2. The molecule has 1 amide bonds. The molecule has 0 aromatic heterocycles. The Kier molecular flexibility index (Phi) is 5.03. The first kappa shape index (κ1) is 21.4. The second-order valence-corrected chi connectivity index (χ2v) is 12.7. The highest BCUT2D eigenvalue weighted by Crippen LogP contribution is 2.70. The van der Waals surface area contributed by atoms with E-state index < -0.39 is 10.0 Å². The van der Waals surface area contributed by atoms with Crippen LogP contribution in [0.2, 0.25) is 0 Å². The van der Waals surface area contributed by atoms with Gasteiger partial charge in [-0.25, -0.2) is 12.7 Å². The summed E-state index contributed by atoms with van der Waals surface area (Å²) in [6.45, 7) is 6.44. The number of likely N-dealkylation sites (tertiary alicyclic amines) is 1. The first-order chi connectivity index (χ1) is 14.7. The third-order valence-corrected chi connectivity index (χ3v) is 11.1. The molecule has 1 spiro atoms. The maximum absolute atomic E-state index is 13.8. The van der Waals surface area contributed by atoms with Crippen LogP contribution in [0, 0.1) is 28.6 Å². The van der Waals surface area contributed by atoms with Crippen molar-refractivity contribution < 1.29 is 18.3 Å². The molecular weight excluding hydrogens is 412 g/mol. The molecule has 4 aliphatic rings. The van der Waals surface area contributed by atoms with Crippen molar-refractivity contribution in [1.29, 1.82) is 0 Å². The van der Waals surface area contributed by atoms with Crippen molar-refractivity contribution in [2.24, 2.45) is 28.6 Å². The normalized spacial score (nSPS) is 38.0. The predicted molar refractivity (Wildman–Crippen MR) is 118 cm³/mol. The molecule has 1 aromatic rings. The fraction of sp³-hybridized carbons (Fsp3) is 0.708. The number of aliphatic hydroxyl groups is 1. The summed E-state index contributed by atoms with van der Waals surface area (Å²) in [5.74, 6) is 0.00176. The minimum Gasteiger partial charge on any atom is -0.396 e. The molecule has 7 heteroatoms. The van der Waals surface area contributed by atoms with Crippen molar-refractivity contribution in [2.75, 3.05) is 25.4 Å². The Hall–Kier alpha value is -1.44. The molecule has 0 unspecified atom stereocenters. The second kappa shape index (κ2) is 7.29. The molecule has 5 rings (SSSR count). The van der Waals surface area contributed by atoms with E-state index in [1.807, 2.05) is 18.2 Å². The van der Waals surface area contributed by atoms with Gasteiger partial charge in [-0.15, -0.1) is 0 Å². The maximum atomic E-state index is 13.8. The van der Waals surface area contributed by atoms with Crippen LogP contribution in [-0.4, -0.2) is 60.1 Å². The van der Waals surface area contributed by atoms with Gasteiger partial charge in [-0.05, 0) is 48.5 Å². The van der Waals surface area contributed by atoms with Gasteiger partial charge in [-0.3, -0.25) is 9.69 Å². The van der Waals surface area contributed by atoms with Gasteiger partial charge in [-0.1, -0.05) is 44.2 Å². The van der Waals surface area contributed by atoms with E-state index in [1.54, 1.807) is 0 Å². The number of carbonyl (C=O) groups excluding carboxylic acids is 1. The van der Waals surface area contributed by atoms with Gasteiger partial charge >= 0.3 is 0 Å². The standard InChI is InChI=1S/C24H34N2O4S/c1-23(2)19-8-10-24(23)16-31(29,30)26(21(24)12-19)22(28)20-15-25(14-18(20)9-11-27)13-17-6-4-3-5-7-17/h3-7,18-21,27H,8-16H2,1-2H3/t18-,19+,20+,21+,24+/m0/s1. The van der Waals surface area contributed by atoms with Crippen molar-refractivity contribution in [1.82, 2.24) is 9.21 Å². The molecule has 2 heterocycles. The molecule has 1 N–H and O–H groups in total. The topological polar surface area (TPSA) is 77.9 Å². The highest BCUT2D eigenvalue weighted by molar-refractivity contribution is 7.90. The average molecular weight is 447 g/mol. The van der Waals surface area contributed by atoms with Crippen LogP contribution < -0.4 is 0 Å². The van der Waals surface area contributed by atoms with Crippen LogP contribution in [0.1, 0.15) is 45.1 Å². The largest absolute Gasteiger partial charge is 0.396 e. The maximum Gasteiger partial charge on any atom is 0.241 e. The number of rotatable bonds is 5. The molecule has 1 aromatic carbocycles. The first-order valence-corrected chi connectivity index (χ1v) is 13.2. The number of hydrogen-bond acceptors (Lipinski definition) is 5. The molecule has 2 saturated carbocycles. The van der Waals surface area contributed by atoms with Crippen LogP contribution >= 0.6 is 0 Å². The summed E-state index contributed by atoms with van der Waals surface area (Å²) in [7, 11) is -3.61. The monoisotopic (exact) mass is 446 g/mol. The summed E-state index contributed by atoms with van der Waals surface area (Å²) in [4.78, 5) is 16.0. The van der Waals surface area contributed by atoms with Gasteiger partial charge in [0.1, 0.15) is 0 Å². The lowest BCUT2D eigenvalue weighted by Crippen LogP contribution is -2.47. The van der Waals surface area contributed by atoms with Crippen molar-refractivity contribution in [3.8, 4) is 0 Å². The number of carbonyl (C=O) groups is 1. The summed E-state index contributed by atoms with van der Waals surface area (Å²) >= 11 is 0. The molecule has 5 atom stereocenters. The van der Waals surface area contributed by atoms with Gasteiger partial charge in [-0.2, -0.15) is 0 Å². The van der Waals surface area contributed by atoms with Crippen LogP contribution in [-0.2, 0) is 21.4 Å². The highest BCUT2D eigenvalue weighted by Gasteiger charge is 2.72. The Balaban J connectivity index is 1.40. The van der Waals surface area contributed by atoms with Gasteiger partial charge in [0.05, 0.1) is 17.7 Å². The van der Waals surface area contributed by atoms with E-state index in [9.17, 15) is 18.3 Å². The van der Waals surface area contributed by atoms with E-state index in [1.165, 1.54) is 9.87 Å². The van der Waals surface area contributed by atoms with E-state index in [-0.39, 0.29) is 47.0 Å². The number of amides is 1. The van der Waals surface area contributed by atoms with E-state index >= 15 is 0 Å². The summed E-state index contributed by atoms with van der Waals surface area (Å²) in [5, 5.41) is 9.61. The third kappa shape index (κ3) is 3.10. The smallest absolute Gasteiger partial charge is 0.241 e. The SMILES string of the molecule is CC1(C)[C@@H]2CC[C@]13CS(=O)(=O)N(C(=O)[C@@H]1CN(Cc4ccccc4)C[C@@H]1CCO)[C@@H]3C2. The van der Waals surface area contributed by atoms with Crippen LogP contribution in [0.25, 0.3) is 0 Å². The van der Waals surface area contributed by atoms with Crippen LogP contribution in [0.15, 0.2) is 30.3 Å². The molecule has 2 saturated heterocycles. The van der Waals surface area contributed by atoms with E-state index in [0.717, 1.165) is 25.8 Å². The molecule has 6 nitrogen and oxygen atoms in total. The van der Waals surface area contributed by atoms with Crippen molar-refractivity contribution >= 4 is 15.9 Å². The Labute approximate surface area is 185 Å². The minimum absolute atomic E-state index is 0.0143.